The van der Waals surface area contributed by atoms with E-state index >= 15 is 0 Å². The molecule has 7 heteroatoms. The summed E-state index contributed by atoms with van der Waals surface area (Å²) < 4.78 is 23.7. The van der Waals surface area contributed by atoms with Gasteiger partial charge in [0, 0.05) is 26.2 Å². The van der Waals surface area contributed by atoms with Crippen LogP contribution in [0.2, 0.25) is 0 Å². The van der Waals surface area contributed by atoms with Crippen LogP contribution < -0.4 is 0 Å². The van der Waals surface area contributed by atoms with Crippen molar-refractivity contribution in [3.63, 3.8) is 0 Å². The smallest absolute Gasteiger partial charge is 0.325 e. The van der Waals surface area contributed by atoms with E-state index in [1.807, 2.05) is 11.9 Å². The monoisotopic (exact) mass is 250 g/mol. The van der Waals surface area contributed by atoms with Gasteiger partial charge in [-0.3, -0.25) is 4.79 Å². The van der Waals surface area contributed by atoms with Crippen molar-refractivity contribution in [2.75, 3.05) is 33.2 Å². The lowest BCUT2D eigenvalue weighted by Gasteiger charge is -2.35. The summed E-state index contributed by atoms with van der Waals surface area (Å²) in [6.07, 6.45) is 0. The van der Waals surface area contributed by atoms with Gasteiger partial charge in [0.1, 0.15) is 0 Å². The first-order valence-corrected chi connectivity index (χ1v) is 6.55. The Balaban J connectivity index is 2.91. The summed E-state index contributed by atoms with van der Waals surface area (Å²) in [5, 5.41) is 8.94. The Hall–Kier alpha value is -0.660. The zero-order valence-electron chi connectivity index (χ0n) is 9.80. The molecule has 1 aliphatic rings. The molecule has 16 heavy (non-hydrogen) atoms. The summed E-state index contributed by atoms with van der Waals surface area (Å²) in [5.74, 6) is -1.31. The molecule has 0 aliphatic carbocycles. The maximum atomic E-state index is 12.1. The lowest BCUT2D eigenvalue weighted by atomic mass is 10.2. The van der Waals surface area contributed by atoms with Crippen molar-refractivity contribution in [3.05, 3.63) is 0 Å². The van der Waals surface area contributed by atoms with Crippen LogP contribution in [0.1, 0.15) is 13.8 Å². The van der Waals surface area contributed by atoms with Crippen LogP contribution in [0.25, 0.3) is 0 Å². The van der Waals surface area contributed by atoms with Gasteiger partial charge < -0.3 is 10.0 Å². The van der Waals surface area contributed by atoms with E-state index in [0.717, 1.165) is 0 Å². The van der Waals surface area contributed by atoms with E-state index in [1.165, 1.54) is 18.2 Å². The molecule has 0 unspecified atom stereocenters. The molecular formula is C9H18N2O4S. The van der Waals surface area contributed by atoms with Crippen LogP contribution in [0.3, 0.4) is 0 Å². The largest absolute Gasteiger partial charge is 0.480 e. The lowest BCUT2D eigenvalue weighted by molar-refractivity contribution is -0.139. The van der Waals surface area contributed by atoms with Gasteiger partial charge in [0.25, 0.3) is 0 Å². The molecule has 0 bridgehead atoms. The number of rotatable bonds is 3. The molecule has 0 aromatic rings. The van der Waals surface area contributed by atoms with E-state index in [2.05, 4.69) is 0 Å². The normalized spacial score (nSPS) is 20.9. The Morgan fingerprint density at radius 3 is 2.00 bits per heavy atom. The summed E-state index contributed by atoms with van der Waals surface area (Å²) >= 11 is 0. The number of sulfonamides is 1. The molecule has 0 amide bonds. The third-order valence-corrected chi connectivity index (χ3v) is 5.47. The second-order valence-electron chi connectivity index (χ2n) is 4.52. The second-order valence-corrected chi connectivity index (χ2v) is 7.01. The Bertz CT molecular complexity index is 369. The quantitative estimate of drug-likeness (QED) is 0.725. The van der Waals surface area contributed by atoms with Crippen LogP contribution in [0.15, 0.2) is 0 Å². The van der Waals surface area contributed by atoms with Crippen LogP contribution in [0, 0.1) is 0 Å². The topological polar surface area (TPSA) is 77.9 Å². The number of carboxylic acid groups (broad SMARTS) is 1. The molecule has 1 fully saturated rings. The number of piperazine rings is 1. The van der Waals surface area contributed by atoms with Crippen LogP contribution >= 0.6 is 0 Å². The van der Waals surface area contributed by atoms with E-state index in [9.17, 15) is 13.2 Å². The van der Waals surface area contributed by atoms with Gasteiger partial charge in [0.2, 0.25) is 10.0 Å². The molecule has 0 radical (unpaired) electrons. The van der Waals surface area contributed by atoms with Gasteiger partial charge in [-0.1, -0.05) is 0 Å². The molecule has 1 heterocycles. The van der Waals surface area contributed by atoms with E-state index in [0.29, 0.717) is 26.2 Å². The van der Waals surface area contributed by atoms with Crippen molar-refractivity contribution in [2.24, 2.45) is 0 Å². The fraction of sp³-hybridized carbons (Fsp3) is 0.889. The highest BCUT2D eigenvalue weighted by molar-refractivity contribution is 7.91. The molecule has 0 aromatic carbocycles. The number of likely N-dealkylation sites (N-methyl/N-ethyl adjacent to an activating group) is 1. The molecule has 0 saturated carbocycles. The molecule has 1 N–H and O–H groups in total. The van der Waals surface area contributed by atoms with E-state index in [1.54, 1.807) is 0 Å². The molecule has 94 valence electrons. The van der Waals surface area contributed by atoms with Gasteiger partial charge in [0.05, 0.1) is 0 Å². The van der Waals surface area contributed by atoms with Gasteiger partial charge in [-0.25, -0.2) is 8.42 Å². The van der Waals surface area contributed by atoms with Gasteiger partial charge >= 0.3 is 5.97 Å². The minimum atomic E-state index is -3.78. The minimum Gasteiger partial charge on any atom is -0.480 e. The highest BCUT2D eigenvalue weighted by Gasteiger charge is 2.46. The first-order valence-electron chi connectivity index (χ1n) is 5.11. The molecule has 0 aromatic heterocycles. The minimum absolute atomic E-state index is 0.357. The number of aliphatic carboxylic acids is 1. The van der Waals surface area contributed by atoms with E-state index in [4.69, 9.17) is 5.11 Å². The van der Waals surface area contributed by atoms with Gasteiger partial charge in [-0.15, -0.1) is 0 Å². The zero-order valence-corrected chi connectivity index (χ0v) is 10.6. The molecular weight excluding hydrogens is 232 g/mol. The van der Waals surface area contributed by atoms with Gasteiger partial charge in [-0.05, 0) is 20.9 Å². The number of carboxylic acids is 1. The number of hydrogen-bond donors (Lipinski definition) is 1. The van der Waals surface area contributed by atoms with Crippen molar-refractivity contribution in [1.82, 2.24) is 9.21 Å². The summed E-state index contributed by atoms with van der Waals surface area (Å²) in [7, 11) is -1.87. The molecule has 0 spiro atoms. The Kier molecular flexibility index (Phi) is 3.61. The number of carbonyl (C=O) groups is 1. The summed E-state index contributed by atoms with van der Waals surface area (Å²) in [4.78, 5) is 13.0. The average Bonchev–Trinajstić information content (AvgIpc) is 2.17. The Labute approximate surface area is 95.9 Å². The Morgan fingerprint density at radius 1 is 1.19 bits per heavy atom. The number of nitrogens with zero attached hydrogens (tertiary/aromatic N) is 2. The molecule has 1 aliphatic heterocycles. The van der Waals surface area contributed by atoms with Gasteiger partial charge in [0.15, 0.2) is 4.75 Å². The summed E-state index contributed by atoms with van der Waals surface area (Å²) in [6, 6.07) is 0. The SMILES string of the molecule is CN1CCN(S(=O)(=O)C(C)(C)C(=O)O)CC1. The van der Waals surface area contributed by atoms with Crippen molar-refractivity contribution in [1.29, 1.82) is 0 Å². The first kappa shape index (κ1) is 13.4. The lowest BCUT2D eigenvalue weighted by Crippen LogP contribution is -2.55. The summed E-state index contributed by atoms with van der Waals surface area (Å²) in [5.41, 5.74) is 0. The molecule has 1 saturated heterocycles. The third kappa shape index (κ3) is 2.21. The average molecular weight is 250 g/mol. The van der Waals surface area contributed by atoms with Crippen molar-refractivity contribution >= 4 is 16.0 Å². The summed E-state index contributed by atoms with van der Waals surface area (Å²) in [6.45, 7) is 4.43. The number of hydrogen-bond acceptors (Lipinski definition) is 4. The van der Waals surface area contributed by atoms with Crippen molar-refractivity contribution in [3.8, 4) is 0 Å². The first-order chi connectivity index (χ1) is 7.19. The molecule has 6 nitrogen and oxygen atoms in total. The van der Waals surface area contributed by atoms with Gasteiger partial charge in [-0.2, -0.15) is 4.31 Å². The maximum absolute atomic E-state index is 12.1. The van der Waals surface area contributed by atoms with Crippen LogP contribution in [0.4, 0.5) is 0 Å². The Morgan fingerprint density at radius 2 is 1.62 bits per heavy atom. The zero-order chi connectivity index (χ0) is 12.6. The molecule has 1 rings (SSSR count). The highest BCUT2D eigenvalue weighted by atomic mass is 32.2. The predicted molar refractivity (Wildman–Crippen MR) is 59.7 cm³/mol. The third-order valence-electron chi connectivity index (χ3n) is 2.96. The highest BCUT2D eigenvalue weighted by Crippen LogP contribution is 2.22. The van der Waals surface area contributed by atoms with Crippen LogP contribution in [0.5, 0.6) is 0 Å². The van der Waals surface area contributed by atoms with Crippen LogP contribution in [-0.4, -0.2) is 66.7 Å². The fourth-order valence-electron chi connectivity index (χ4n) is 1.46. The standard InChI is InChI=1S/C9H18N2O4S/c1-9(2,8(12)13)16(14,15)11-6-4-10(3)5-7-11/h4-7H2,1-3H3,(H,12,13). The maximum Gasteiger partial charge on any atom is 0.325 e. The van der Waals surface area contributed by atoms with E-state index in [-0.39, 0.29) is 0 Å². The van der Waals surface area contributed by atoms with Crippen LogP contribution in [-0.2, 0) is 14.8 Å². The van der Waals surface area contributed by atoms with E-state index < -0.39 is 20.7 Å². The second kappa shape index (κ2) is 4.31. The van der Waals surface area contributed by atoms with Crippen molar-refractivity contribution < 1.29 is 18.3 Å². The fourth-order valence-corrected chi connectivity index (χ4v) is 2.97. The molecule has 0 atom stereocenters. The van der Waals surface area contributed by atoms with Crippen molar-refractivity contribution in [2.45, 2.75) is 18.6 Å². The predicted octanol–water partition coefficient (Wildman–Crippen LogP) is -0.573.